The predicted octanol–water partition coefficient (Wildman–Crippen LogP) is 18.6. The van der Waals surface area contributed by atoms with Crippen LogP contribution in [-0.4, -0.2) is 0 Å². The van der Waals surface area contributed by atoms with Gasteiger partial charge in [-0.25, -0.2) is 0 Å². The standard InChI is InChI=1S/C65H54N2/c1-65(2)61-27-14-13-26-59(61)60-40-39-57(44-62(60)65)66(53-34-28-47(29-35-53)45-16-5-3-6-17-45)54-36-30-48(31-37-54)52-23-15-24-55(42-52)67(56-38-32-46-18-9-10-22-51(46)43-56)63-41-33-49-19-11-12-25-58(49)64(63)50-20-7-4-8-21-50/h4,7-15,18-45H,3,5-6,16-17H2,1-2H3. The van der Waals surface area contributed by atoms with Crippen molar-refractivity contribution in [1.82, 2.24) is 0 Å². The maximum Gasteiger partial charge on any atom is 0.0546 e. The topological polar surface area (TPSA) is 6.48 Å². The Kier molecular flexibility index (Phi) is 10.3. The van der Waals surface area contributed by atoms with Crippen LogP contribution in [-0.2, 0) is 5.41 Å². The van der Waals surface area contributed by atoms with Gasteiger partial charge < -0.3 is 9.80 Å². The largest absolute Gasteiger partial charge is 0.310 e. The van der Waals surface area contributed by atoms with Gasteiger partial charge >= 0.3 is 0 Å². The Morgan fingerprint density at radius 2 is 0.970 bits per heavy atom. The van der Waals surface area contributed by atoms with Crippen LogP contribution in [0.25, 0.3) is 54.9 Å². The number of hydrogen-bond acceptors (Lipinski definition) is 2. The second kappa shape index (κ2) is 17.0. The van der Waals surface area contributed by atoms with Gasteiger partial charge in [0.25, 0.3) is 0 Å². The first-order chi connectivity index (χ1) is 33.0. The number of anilines is 6. The van der Waals surface area contributed by atoms with E-state index in [1.807, 2.05) is 0 Å². The van der Waals surface area contributed by atoms with Gasteiger partial charge in [-0.05, 0) is 152 Å². The van der Waals surface area contributed by atoms with Crippen LogP contribution in [0.2, 0.25) is 0 Å². The molecular weight excluding hydrogens is 809 g/mol. The van der Waals surface area contributed by atoms with Gasteiger partial charge in [0.2, 0.25) is 0 Å². The average molecular weight is 863 g/mol. The number of rotatable bonds is 9. The summed E-state index contributed by atoms with van der Waals surface area (Å²) in [6.07, 6.45) is 6.62. The maximum absolute atomic E-state index is 2.45. The maximum atomic E-state index is 2.45. The minimum atomic E-state index is -0.0945. The second-order valence-corrected chi connectivity index (χ2v) is 19.2. The molecule has 12 rings (SSSR count). The van der Waals surface area contributed by atoms with E-state index in [0.29, 0.717) is 5.92 Å². The molecule has 2 aliphatic rings. The highest BCUT2D eigenvalue weighted by Gasteiger charge is 2.36. The van der Waals surface area contributed by atoms with E-state index in [2.05, 4.69) is 248 Å². The zero-order valence-corrected chi connectivity index (χ0v) is 38.4. The highest BCUT2D eigenvalue weighted by atomic mass is 15.1. The second-order valence-electron chi connectivity index (χ2n) is 19.2. The summed E-state index contributed by atoms with van der Waals surface area (Å²) in [6.45, 7) is 4.74. The van der Waals surface area contributed by atoms with Crippen molar-refractivity contribution < 1.29 is 0 Å². The van der Waals surface area contributed by atoms with Crippen molar-refractivity contribution in [3.63, 3.8) is 0 Å². The van der Waals surface area contributed by atoms with Crippen molar-refractivity contribution in [2.45, 2.75) is 57.3 Å². The van der Waals surface area contributed by atoms with Crippen molar-refractivity contribution in [3.05, 3.63) is 241 Å². The highest BCUT2D eigenvalue weighted by molar-refractivity contribution is 6.06. The SMILES string of the molecule is CC1(C)c2ccccc2-c2ccc(N(c3ccc(-c4cccc(N(c5ccc6ccccc6c5)c5ccc6ccccc6c5-c5ccccc5)c4)cc3)c3ccc(C4CCCCC4)cc3)cc21. The van der Waals surface area contributed by atoms with Crippen LogP contribution in [0.3, 0.4) is 0 Å². The molecule has 1 fully saturated rings. The lowest BCUT2D eigenvalue weighted by molar-refractivity contribution is 0.443. The third-order valence-electron chi connectivity index (χ3n) is 14.8. The smallest absolute Gasteiger partial charge is 0.0546 e. The molecule has 0 saturated heterocycles. The van der Waals surface area contributed by atoms with Crippen LogP contribution in [0, 0.1) is 0 Å². The van der Waals surface area contributed by atoms with Crippen LogP contribution in [0.4, 0.5) is 34.1 Å². The molecule has 0 aromatic heterocycles. The minimum absolute atomic E-state index is 0.0945. The Morgan fingerprint density at radius 1 is 0.373 bits per heavy atom. The summed E-state index contributed by atoms with van der Waals surface area (Å²) < 4.78 is 0. The molecule has 2 nitrogen and oxygen atoms in total. The molecule has 0 unspecified atom stereocenters. The fraction of sp³-hybridized carbons (Fsp3) is 0.138. The molecule has 0 atom stereocenters. The summed E-state index contributed by atoms with van der Waals surface area (Å²) in [4.78, 5) is 4.90. The molecule has 0 spiro atoms. The van der Waals surface area contributed by atoms with E-state index < -0.39 is 0 Å². The third kappa shape index (κ3) is 7.38. The first-order valence-corrected chi connectivity index (χ1v) is 24.2. The molecule has 10 aromatic carbocycles. The van der Waals surface area contributed by atoms with Crippen molar-refractivity contribution in [2.75, 3.05) is 9.80 Å². The fourth-order valence-corrected chi connectivity index (χ4v) is 11.3. The predicted molar refractivity (Wildman–Crippen MR) is 285 cm³/mol. The van der Waals surface area contributed by atoms with E-state index in [-0.39, 0.29) is 5.41 Å². The summed E-state index contributed by atoms with van der Waals surface area (Å²) in [5.41, 5.74) is 18.4. The van der Waals surface area contributed by atoms with Crippen LogP contribution in [0.15, 0.2) is 224 Å². The van der Waals surface area contributed by atoms with Gasteiger partial charge in [-0.15, -0.1) is 0 Å². The van der Waals surface area contributed by atoms with Crippen LogP contribution >= 0.6 is 0 Å². The molecule has 2 aliphatic carbocycles. The van der Waals surface area contributed by atoms with Crippen LogP contribution < -0.4 is 9.80 Å². The number of hydrogen-bond donors (Lipinski definition) is 0. The van der Waals surface area contributed by atoms with Crippen LogP contribution in [0.1, 0.15) is 68.6 Å². The number of benzene rings is 10. The Bertz CT molecular complexity index is 3410. The molecule has 0 N–H and O–H groups in total. The zero-order chi connectivity index (χ0) is 44.9. The molecule has 324 valence electrons. The molecule has 1 saturated carbocycles. The molecule has 0 amide bonds. The van der Waals surface area contributed by atoms with Gasteiger partial charge in [0.1, 0.15) is 0 Å². The molecule has 0 aliphatic heterocycles. The van der Waals surface area contributed by atoms with E-state index in [1.54, 1.807) is 0 Å². The van der Waals surface area contributed by atoms with Gasteiger partial charge in [0.05, 0.1) is 5.69 Å². The molecule has 0 bridgehead atoms. The normalized spacial score (nSPS) is 14.2. The van der Waals surface area contributed by atoms with E-state index in [1.165, 1.54) is 110 Å². The summed E-state index contributed by atoms with van der Waals surface area (Å²) in [7, 11) is 0. The monoisotopic (exact) mass is 862 g/mol. The van der Waals surface area contributed by atoms with Crippen LogP contribution in [0.5, 0.6) is 0 Å². The highest BCUT2D eigenvalue weighted by Crippen LogP contribution is 2.51. The average Bonchev–Trinajstić information content (AvgIpc) is 3.62. The third-order valence-corrected chi connectivity index (χ3v) is 14.8. The Labute approximate surface area is 395 Å². The van der Waals surface area contributed by atoms with Crippen molar-refractivity contribution in [1.29, 1.82) is 0 Å². The van der Waals surface area contributed by atoms with Crippen molar-refractivity contribution in [2.24, 2.45) is 0 Å². The van der Waals surface area contributed by atoms with E-state index in [4.69, 9.17) is 0 Å². The summed E-state index contributed by atoms with van der Waals surface area (Å²) in [6, 6.07) is 83.5. The zero-order valence-electron chi connectivity index (χ0n) is 38.4. The lowest BCUT2D eigenvalue weighted by Gasteiger charge is -2.30. The van der Waals surface area contributed by atoms with Gasteiger partial charge in [0.15, 0.2) is 0 Å². The summed E-state index contributed by atoms with van der Waals surface area (Å²) in [5.74, 6) is 0.661. The minimum Gasteiger partial charge on any atom is -0.310 e. The van der Waals surface area contributed by atoms with Crippen molar-refractivity contribution in [3.8, 4) is 33.4 Å². The molecular formula is C65H54N2. The first-order valence-electron chi connectivity index (χ1n) is 24.2. The van der Waals surface area contributed by atoms with Crippen molar-refractivity contribution >= 4 is 55.7 Å². The first kappa shape index (κ1) is 40.8. The van der Waals surface area contributed by atoms with Gasteiger partial charge in [-0.2, -0.15) is 0 Å². The summed E-state index contributed by atoms with van der Waals surface area (Å²) >= 11 is 0. The fourth-order valence-electron chi connectivity index (χ4n) is 11.3. The molecule has 67 heavy (non-hydrogen) atoms. The molecule has 10 aromatic rings. The van der Waals surface area contributed by atoms with E-state index >= 15 is 0 Å². The summed E-state index contributed by atoms with van der Waals surface area (Å²) in [5, 5.41) is 4.89. The Balaban J connectivity index is 0.960. The lowest BCUT2D eigenvalue weighted by atomic mass is 9.82. The van der Waals surface area contributed by atoms with Gasteiger partial charge in [-0.1, -0.05) is 191 Å². The Morgan fingerprint density at radius 3 is 1.78 bits per heavy atom. The lowest BCUT2D eigenvalue weighted by Crippen LogP contribution is -2.16. The molecule has 0 heterocycles. The number of nitrogens with zero attached hydrogens (tertiary/aromatic N) is 2. The van der Waals surface area contributed by atoms with E-state index in [9.17, 15) is 0 Å². The molecule has 2 heteroatoms. The quantitative estimate of drug-likeness (QED) is 0.143. The molecule has 0 radical (unpaired) electrons. The van der Waals surface area contributed by atoms with Gasteiger partial charge in [0, 0.05) is 39.4 Å². The van der Waals surface area contributed by atoms with E-state index in [0.717, 1.165) is 28.3 Å². The van der Waals surface area contributed by atoms with Gasteiger partial charge in [-0.3, -0.25) is 0 Å². The number of fused-ring (bicyclic) bond motifs is 5. The Hall–Kier alpha value is -7.68.